The zero-order chi connectivity index (χ0) is 14.2. The van der Waals surface area contributed by atoms with Crippen LogP contribution in [0.4, 0.5) is 5.69 Å². The lowest BCUT2D eigenvalue weighted by molar-refractivity contribution is -0.124. The molecule has 104 valence electrons. The number of likely N-dealkylation sites (tertiary alicyclic amines) is 1. The van der Waals surface area contributed by atoms with E-state index in [-0.39, 0.29) is 11.3 Å². The Morgan fingerprint density at radius 1 is 1.35 bits per heavy atom. The minimum Gasteiger partial charge on any atom is -0.324 e. The monoisotopic (exact) mass is 269 g/mol. The summed E-state index contributed by atoms with van der Waals surface area (Å²) in [6.07, 6.45) is 2.65. The molecular formula is C16H19N3O. The molecule has 20 heavy (non-hydrogen) atoms. The van der Waals surface area contributed by atoms with Crippen LogP contribution in [0.2, 0.25) is 0 Å². The summed E-state index contributed by atoms with van der Waals surface area (Å²) >= 11 is 0. The molecule has 1 saturated heterocycles. The highest BCUT2D eigenvalue weighted by Gasteiger charge is 2.39. The minimum absolute atomic E-state index is 0.0833. The molecular weight excluding hydrogens is 250 g/mol. The Hall–Kier alpha value is -1.94. The molecule has 1 aromatic carbocycles. The maximum atomic E-state index is 12.6. The third kappa shape index (κ3) is 2.27. The first-order valence-corrected chi connectivity index (χ1v) is 6.92. The van der Waals surface area contributed by atoms with Crippen LogP contribution in [0, 0.1) is 5.41 Å². The van der Waals surface area contributed by atoms with Crippen molar-refractivity contribution < 1.29 is 4.79 Å². The second-order valence-corrected chi connectivity index (χ2v) is 5.88. The molecule has 0 spiro atoms. The van der Waals surface area contributed by atoms with Crippen LogP contribution >= 0.6 is 0 Å². The molecule has 0 aliphatic carbocycles. The van der Waals surface area contributed by atoms with E-state index in [2.05, 4.69) is 22.2 Å². The standard InChI is InChI=1S/C16H19N3O/c1-16(8-10-19(2)11-16)15(20)18-13-7-3-5-12-6-4-9-17-14(12)13/h3-7,9H,8,10-11H2,1-2H3,(H,18,20). The number of benzene rings is 1. The van der Waals surface area contributed by atoms with Crippen molar-refractivity contribution in [2.75, 3.05) is 25.5 Å². The predicted molar refractivity (Wildman–Crippen MR) is 80.6 cm³/mol. The first-order chi connectivity index (χ1) is 9.58. The van der Waals surface area contributed by atoms with Crippen LogP contribution in [0.1, 0.15) is 13.3 Å². The van der Waals surface area contributed by atoms with E-state index < -0.39 is 0 Å². The number of aromatic nitrogens is 1. The summed E-state index contributed by atoms with van der Waals surface area (Å²) in [6.45, 7) is 3.80. The van der Waals surface area contributed by atoms with Crippen LogP contribution in [0.3, 0.4) is 0 Å². The van der Waals surface area contributed by atoms with E-state index in [1.54, 1.807) is 6.20 Å². The average Bonchev–Trinajstić information content (AvgIpc) is 2.80. The van der Waals surface area contributed by atoms with E-state index in [4.69, 9.17) is 0 Å². The van der Waals surface area contributed by atoms with Crippen molar-refractivity contribution in [2.24, 2.45) is 5.41 Å². The van der Waals surface area contributed by atoms with Gasteiger partial charge < -0.3 is 10.2 Å². The Kier molecular flexibility index (Phi) is 3.18. The van der Waals surface area contributed by atoms with Crippen LogP contribution in [0.15, 0.2) is 36.5 Å². The molecule has 0 bridgehead atoms. The van der Waals surface area contributed by atoms with Gasteiger partial charge in [0.2, 0.25) is 5.91 Å². The SMILES string of the molecule is CN1CCC(C)(C(=O)Nc2cccc3cccnc23)C1. The summed E-state index contributed by atoms with van der Waals surface area (Å²) in [5, 5.41) is 4.10. The van der Waals surface area contributed by atoms with Crippen LogP contribution in [0.25, 0.3) is 10.9 Å². The van der Waals surface area contributed by atoms with Crippen molar-refractivity contribution in [3.05, 3.63) is 36.5 Å². The fourth-order valence-electron chi connectivity index (χ4n) is 2.86. The molecule has 2 heterocycles. The number of pyridine rings is 1. The second kappa shape index (κ2) is 4.87. The van der Waals surface area contributed by atoms with Crippen molar-refractivity contribution >= 4 is 22.5 Å². The quantitative estimate of drug-likeness (QED) is 0.911. The van der Waals surface area contributed by atoms with Gasteiger partial charge in [-0.15, -0.1) is 0 Å². The van der Waals surface area contributed by atoms with Gasteiger partial charge in [-0.1, -0.05) is 18.2 Å². The van der Waals surface area contributed by atoms with Gasteiger partial charge in [-0.25, -0.2) is 0 Å². The van der Waals surface area contributed by atoms with Crippen LogP contribution < -0.4 is 5.32 Å². The van der Waals surface area contributed by atoms with Gasteiger partial charge in [0.25, 0.3) is 0 Å². The van der Waals surface area contributed by atoms with Gasteiger partial charge in [0.1, 0.15) is 0 Å². The zero-order valence-corrected chi connectivity index (χ0v) is 11.9. The molecule has 1 aliphatic rings. The Morgan fingerprint density at radius 3 is 2.90 bits per heavy atom. The predicted octanol–water partition coefficient (Wildman–Crippen LogP) is 2.52. The molecule has 3 rings (SSSR count). The maximum Gasteiger partial charge on any atom is 0.231 e. The third-order valence-corrected chi connectivity index (χ3v) is 4.09. The Labute approximate surface area is 118 Å². The summed E-state index contributed by atoms with van der Waals surface area (Å²) in [5.41, 5.74) is 1.33. The summed E-state index contributed by atoms with van der Waals surface area (Å²) < 4.78 is 0. The average molecular weight is 269 g/mol. The molecule has 1 aliphatic heterocycles. The first-order valence-electron chi connectivity index (χ1n) is 6.92. The maximum absolute atomic E-state index is 12.6. The largest absolute Gasteiger partial charge is 0.324 e. The number of anilines is 1. The first kappa shape index (κ1) is 13.1. The molecule has 1 N–H and O–H groups in total. The number of amides is 1. The van der Waals surface area contributed by atoms with E-state index in [1.807, 2.05) is 37.3 Å². The van der Waals surface area contributed by atoms with Crippen LogP contribution in [0.5, 0.6) is 0 Å². The van der Waals surface area contributed by atoms with Crippen molar-refractivity contribution in [3.8, 4) is 0 Å². The number of nitrogens with zero attached hydrogens (tertiary/aromatic N) is 2. The topological polar surface area (TPSA) is 45.2 Å². The van der Waals surface area contributed by atoms with E-state index in [0.717, 1.165) is 36.1 Å². The summed E-state index contributed by atoms with van der Waals surface area (Å²) in [5.74, 6) is 0.0833. The summed E-state index contributed by atoms with van der Waals surface area (Å²) in [7, 11) is 2.05. The van der Waals surface area contributed by atoms with E-state index >= 15 is 0 Å². The smallest absolute Gasteiger partial charge is 0.231 e. The van der Waals surface area contributed by atoms with E-state index in [0.29, 0.717) is 0 Å². The number of nitrogens with one attached hydrogen (secondary N) is 1. The van der Waals surface area contributed by atoms with Gasteiger partial charge in [-0.05, 0) is 39.1 Å². The van der Waals surface area contributed by atoms with Gasteiger partial charge >= 0.3 is 0 Å². The number of fused-ring (bicyclic) bond motifs is 1. The number of carbonyl (C=O) groups is 1. The van der Waals surface area contributed by atoms with Gasteiger partial charge in [0, 0.05) is 18.1 Å². The van der Waals surface area contributed by atoms with Gasteiger partial charge in [0.15, 0.2) is 0 Å². The third-order valence-electron chi connectivity index (χ3n) is 4.09. The number of carbonyl (C=O) groups excluding carboxylic acids is 1. The highest BCUT2D eigenvalue weighted by molar-refractivity contribution is 6.02. The molecule has 1 atom stereocenters. The lowest BCUT2D eigenvalue weighted by atomic mass is 9.88. The molecule has 1 unspecified atom stereocenters. The Balaban J connectivity index is 1.88. The lowest BCUT2D eigenvalue weighted by Gasteiger charge is -2.23. The highest BCUT2D eigenvalue weighted by Crippen LogP contribution is 2.31. The zero-order valence-electron chi connectivity index (χ0n) is 11.9. The summed E-state index contributed by atoms with van der Waals surface area (Å²) in [4.78, 5) is 19.1. The molecule has 1 amide bonds. The van der Waals surface area contributed by atoms with Gasteiger partial charge in [0.05, 0.1) is 16.6 Å². The minimum atomic E-state index is -0.314. The number of hydrogen-bond donors (Lipinski definition) is 1. The number of para-hydroxylation sites is 1. The molecule has 0 radical (unpaired) electrons. The van der Waals surface area contributed by atoms with Gasteiger partial charge in [-0.2, -0.15) is 0 Å². The van der Waals surface area contributed by atoms with Gasteiger partial charge in [-0.3, -0.25) is 9.78 Å². The van der Waals surface area contributed by atoms with E-state index in [9.17, 15) is 4.79 Å². The Morgan fingerprint density at radius 2 is 2.15 bits per heavy atom. The van der Waals surface area contributed by atoms with Crippen molar-refractivity contribution in [1.82, 2.24) is 9.88 Å². The second-order valence-electron chi connectivity index (χ2n) is 5.88. The molecule has 4 heteroatoms. The highest BCUT2D eigenvalue weighted by atomic mass is 16.2. The fourth-order valence-corrected chi connectivity index (χ4v) is 2.86. The van der Waals surface area contributed by atoms with Crippen molar-refractivity contribution in [1.29, 1.82) is 0 Å². The summed E-state index contributed by atoms with van der Waals surface area (Å²) in [6, 6.07) is 9.77. The molecule has 4 nitrogen and oxygen atoms in total. The Bertz CT molecular complexity index is 650. The van der Waals surface area contributed by atoms with Crippen molar-refractivity contribution in [2.45, 2.75) is 13.3 Å². The molecule has 1 aromatic heterocycles. The lowest BCUT2D eigenvalue weighted by Crippen LogP contribution is -2.35. The van der Waals surface area contributed by atoms with Crippen LogP contribution in [-0.2, 0) is 4.79 Å². The molecule has 0 saturated carbocycles. The molecule has 2 aromatic rings. The fraction of sp³-hybridized carbons (Fsp3) is 0.375. The number of rotatable bonds is 2. The molecule has 1 fully saturated rings. The number of hydrogen-bond acceptors (Lipinski definition) is 3. The van der Waals surface area contributed by atoms with Crippen LogP contribution in [-0.4, -0.2) is 35.9 Å². The van der Waals surface area contributed by atoms with E-state index in [1.165, 1.54) is 0 Å². The van der Waals surface area contributed by atoms with Crippen molar-refractivity contribution in [3.63, 3.8) is 0 Å². The normalized spacial score (nSPS) is 23.1.